The molecule has 0 aromatic heterocycles. The first-order valence-corrected chi connectivity index (χ1v) is 12.5. The number of methoxy groups -OCH3 is 1. The molecule has 1 aliphatic heterocycles. The van der Waals surface area contributed by atoms with E-state index in [1.54, 1.807) is 36.4 Å². The van der Waals surface area contributed by atoms with E-state index >= 15 is 0 Å². The molecule has 1 fully saturated rings. The van der Waals surface area contributed by atoms with Gasteiger partial charge in [0.05, 0.1) is 22.7 Å². The lowest BCUT2D eigenvalue weighted by Gasteiger charge is -2.14. The molecule has 5 nitrogen and oxygen atoms in total. The summed E-state index contributed by atoms with van der Waals surface area (Å²) < 4.78 is 26.2. The zero-order chi connectivity index (χ0) is 25.1. The highest BCUT2D eigenvalue weighted by Crippen LogP contribution is 2.39. The van der Waals surface area contributed by atoms with E-state index in [9.17, 15) is 9.18 Å². The van der Waals surface area contributed by atoms with Crippen molar-refractivity contribution >= 4 is 62.1 Å². The Kier molecular flexibility index (Phi) is 7.84. The number of carbonyl (C=O) groups excluding carboxylic acids is 1. The van der Waals surface area contributed by atoms with Crippen LogP contribution in [0.4, 0.5) is 10.1 Å². The third kappa shape index (κ3) is 5.89. The van der Waals surface area contributed by atoms with Crippen molar-refractivity contribution in [3.05, 3.63) is 91.0 Å². The van der Waals surface area contributed by atoms with Crippen molar-refractivity contribution in [2.75, 3.05) is 7.11 Å². The number of nitrogens with one attached hydrogen (secondary N) is 1. The molecule has 1 heterocycles. The van der Waals surface area contributed by atoms with Crippen molar-refractivity contribution in [3.63, 3.8) is 0 Å². The van der Waals surface area contributed by atoms with Crippen LogP contribution >= 0.6 is 39.3 Å². The van der Waals surface area contributed by atoms with Crippen molar-refractivity contribution in [1.82, 2.24) is 5.32 Å². The van der Waals surface area contributed by atoms with Gasteiger partial charge in [0.1, 0.15) is 12.4 Å². The number of nitrogens with zero attached hydrogens (tertiary/aromatic N) is 1. The summed E-state index contributed by atoms with van der Waals surface area (Å²) in [6.45, 7) is 3.98. The summed E-state index contributed by atoms with van der Waals surface area (Å²) in [5, 5.41) is 3.57. The number of hydrogen-bond acceptors (Lipinski definition) is 5. The van der Waals surface area contributed by atoms with Crippen LogP contribution in [0.5, 0.6) is 11.5 Å². The number of benzene rings is 3. The summed E-state index contributed by atoms with van der Waals surface area (Å²) in [5.74, 6) is 0.0542. The van der Waals surface area contributed by atoms with E-state index in [4.69, 9.17) is 21.1 Å². The number of aliphatic imine (C=N–C) groups is 1. The number of rotatable bonds is 6. The van der Waals surface area contributed by atoms with Crippen LogP contribution in [0.1, 0.15) is 22.3 Å². The maximum Gasteiger partial charge on any atom is 0.264 e. The Morgan fingerprint density at radius 3 is 2.57 bits per heavy atom. The molecule has 3 aromatic rings. The highest BCUT2D eigenvalue weighted by atomic mass is 79.9. The predicted molar refractivity (Wildman–Crippen MR) is 143 cm³/mol. The van der Waals surface area contributed by atoms with Crippen molar-refractivity contribution in [2.24, 2.45) is 4.99 Å². The highest BCUT2D eigenvalue weighted by molar-refractivity contribution is 9.10. The molecule has 0 bridgehead atoms. The van der Waals surface area contributed by atoms with Crippen LogP contribution < -0.4 is 14.8 Å². The van der Waals surface area contributed by atoms with Crippen LogP contribution in [0.2, 0.25) is 5.02 Å². The second kappa shape index (κ2) is 10.8. The number of aryl methyl sites for hydroxylation is 2. The van der Waals surface area contributed by atoms with Crippen molar-refractivity contribution in [1.29, 1.82) is 0 Å². The van der Waals surface area contributed by atoms with E-state index in [-0.39, 0.29) is 23.4 Å². The van der Waals surface area contributed by atoms with E-state index in [1.165, 1.54) is 24.9 Å². The maximum absolute atomic E-state index is 13.9. The molecule has 180 valence electrons. The summed E-state index contributed by atoms with van der Waals surface area (Å²) in [5.41, 5.74) is 3.94. The molecular weight excluding hydrogens is 555 g/mol. The Balaban J connectivity index is 1.55. The van der Waals surface area contributed by atoms with Gasteiger partial charge in [0.25, 0.3) is 5.91 Å². The minimum Gasteiger partial charge on any atom is -0.493 e. The number of thioether (sulfide) groups is 1. The van der Waals surface area contributed by atoms with Gasteiger partial charge in [-0.1, -0.05) is 45.7 Å². The lowest BCUT2D eigenvalue weighted by Crippen LogP contribution is -2.19. The molecule has 0 atom stereocenters. The topological polar surface area (TPSA) is 59.9 Å². The summed E-state index contributed by atoms with van der Waals surface area (Å²) in [7, 11) is 1.49. The molecular formula is C26H21BrClFN2O3S. The van der Waals surface area contributed by atoms with Gasteiger partial charge < -0.3 is 14.8 Å². The molecule has 1 amide bonds. The zero-order valence-corrected chi connectivity index (χ0v) is 22.3. The van der Waals surface area contributed by atoms with Crippen LogP contribution in [0.25, 0.3) is 6.08 Å². The Labute approximate surface area is 220 Å². The van der Waals surface area contributed by atoms with Crippen molar-refractivity contribution < 1.29 is 18.7 Å². The Bertz CT molecular complexity index is 1350. The monoisotopic (exact) mass is 574 g/mol. The molecule has 0 spiro atoms. The van der Waals surface area contributed by atoms with E-state index in [1.807, 2.05) is 26.0 Å². The van der Waals surface area contributed by atoms with E-state index < -0.39 is 0 Å². The molecule has 0 unspecified atom stereocenters. The van der Waals surface area contributed by atoms with Gasteiger partial charge in [-0.25, -0.2) is 9.38 Å². The van der Waals surface area contributed by atoms with Crippen LogP contribution in [-0.2, 0) is 11.4 Å². The van der Waals surface area contributed by atoms with Crippen LogP contribution in [0.15, 0.2) is 62.9 Å². The van der Waals surface area contributed by atoms with E-state index in [0.717, 1.165) is 21.3 Å². The zero-order valence-electron chi connectivity index (χ0n) is 19.1. The molecule has 3 aromatic carbocycles. The number of ether oxygens (including phenoxy) is 2. The van der Waals surface area contributed by atoms with Gasteiger partial charge >= 0.3 is 0 Å². The fraction of sp³-hybridized carbons (Fsp3) is 0.154. The second-order valence-corrected chi connectivity index (χ2v) is 10.0. The van der Waals surface area contributed by atoms with Crippen LogP contribution in [0.3, 0.4) is 0 Å². The summed E-state index contributed by atoms with van der Waals surface area (Å²) in [6.07, 6.45) is 1.70. The third-order valence-electron chi connectivity index (χ3n) is 5.18. The van der Waals surface area contributed by atoms with Gasteiger partial charge in [0.2, 0.25) is 0 Å². The maximum atomic E-state index is 13.9. The van der Waals surface area contributed by atoms with E-state index in [0.29, 0.717) is 32.7 Å². The lowest BCUT2D eigenvalue weighted by molar-refractivity contribution is -0.115. The second-order valence-electron chi connectivity index (χ2n) is 7.79. The first-order valence-electron chi connectivity index (χ1n) is 10.5. The molecule has 0 radical (unpaired) electrons. The summed E-state index contributed by atoms with van der Waals surface area (Å²) >= 11 is 11.2. The van der Waals surface area contributed by atoms with Gasteiger partial charge in [0, 0.05) is 10.0 Å². The summed E-state index contributed by atoms with van der Waals surface area (Å²) in [4.78, 5) is 17.6. The van der Waals surface area contributed by atoms with Crippen molar-refractivity contribution in [3.8, 4) is 11.5 Å². The van der Waals surface area contributed by atoms with Gasteiger partial charge in [-0.3, -0.25) is 4.79 Å². The molecule has 4 rings (SSSR count). The molecule has 0 aliphatic carbocycles. The molecule has 0 saturated carbocycles. The molecule has 1 saturated heterocycles. The fourth-order valence-electron chi connectivity index (χ4n) is 3.47. The van der Waals surface area contributed by atoms with Crippen LogP contribution in [0, 0.1) is 19.7 Å². The third-order valence-corrected chi connectivity index (χ3v) is 7.62. The van der Waals surface area contributed by atoms with Gasteiger partial charge in [0.15, 0.2) is 16.7 Å². The lowest BCUT2D eigenvalue weighted by atomic mass is 10.1. The highest BCUT2D eigenvalue weighted by Gasteiger charge is 2.24. The normalized spacial score (nSPS) is 15.5. The van der Waals surface area contributed by atoms with Gasteiger partial charge in [-0.05, 0) is 78.7 Å². The largest absolute Gasteiger partial charge is 0.493 e. The number of halogens is 3. The minimum atomic E-state index is -0.362. The average Bonchev–Trinajstić information content (AvgIpc) is 3.15. The number of amides is 1. The first-order chi connectivity index (χ1) is 16.7. The molecule has 35 heavy (non-hydrogen) atoms. The van der Waals surface area contributed by atoms with Crippen LogP contribution in [-0.4, -0.2) is 18.2 Å². The molecule has 9 heteroatoms. The molecule has 1 aliphatic rings. The van der Waals surface area contributed by atoms with Gasteiger partial charge in [-0.2, -0.15) is 0 Å². The van der Waals surface area contributed by atoms with E-state index in [2.05, 4.69) is 26.2 Å². The standard InChI is InChI=1S/C26H21BrClFN2O3S/c1-14-8-18(9-15(2)23(14)27)30-26-31-25(32)22(35-26)12-16-10-19(28)24(21(11-16)33-3)34-13-17-6-4-5-7-20(17)29/h4-12H,13H2,1-3H3,(H,30,31,32)/b22-12-. The average molecular weight is 576 g/mol. The summed E-state index contributed by atoms with van der Waals surface area (Å²) in [6, 6.07) is 13.6. The Morgan fingerprint density at radius 2 is 1.89 bits per heavy atom. The quantitative estimate of drug-likeness (QED) is 0.313. The van der Waals surface area contributed by atoms with Gasteiger partial charge in [-0.15, -0.1) is 0 Å². The fourth-order valence-corrected chi connectivity index (χ4v) is 4.81. The molecule has 1 N–H and O–H groups in total. The number of hydrogen-bond donors (Lipinski definition) is 1. The first kappa shape index (κ1) is 25.3. The Hall–Kier alpha value is -2.81. The predicted octanol–water partition coefficient (Wildman–Crippen LogP) is 7.34. The number of carbonyl (C=O) groups is 1. The minimum absolute atomic E-state index is 0.00369. The Morgan fingerprint density at radius 1 is 1.17 bits per heavy atom. The van der Waals surface area contributed by atoms with Crippen molar-refractivity contribution in [2.45, 2.75) is 20.5 Å². The number of amidine groups is 1. The smallest absolute Gasteiger partial charge is 0.264 e. The SMILES string of the molecule is COc1cc(/C=C2\SC(=Nc3cc(C)c(Br)c(C)c3)NC2=O)cc(Cl)c1OCc1ccccc1F.